The molecule has 0 unspecified atom stereocenters. The molecule has 1 aromatic heterocycles. The van der Waals surface area contributed by atoms with E-state index in [2.05, 4.69) is 64.1 Å². The van der Waals surface area contributed by atoms with Gasteiger partial charge in [-0.3, -0.25) is 9.13 Å². The average molecular weight is 401 g/mol. The van der Waals surface area contributed by atoms with Crippen LogP contribution in [0.1, 0.15) is 50.7 Å². The van der Waals surface area contributed by atoms with Crippen LogP contribution in [0.2, 0.25) is 0 Å². The highest BCUT2D eigenvalue weighted by atomic mass is 32.1. The lowest BCUT2D eigenvalue weighted by Crippen LogP contribution is -2.05. The molecule has 3 rings (SSSR count). The van der Waals surface area contributed by atoms with Gasteiger partial charge in [-0.05, 0) is 47.3 Å². The summed E-state index contributed by atoms with van der Waals surface area (Å²) in [7, 11) is 0. The van der Waals surface area contributed by atoms with E-state index < -0.39 is 0 Å². The Morgan fingerprint density at radius 2 is 1.04 bits per heavy atom. The number of para-hydroxylation sites is 2. The van der Waals surface area contributed by atoms with Crippen molar-refractivity contribution in [3.63, 3.8) is 0 Å². The zero-order valence-corrected chi connectivity index (χ0v) is 18.1. The summed E-state index contributed by atoms with van der Waals surface area (Å²) in [4.78, 5) is 0. The normalized spacial score (nSPS) is 11.5. The Morgan fingerprint density at radius 1 is 0.692 bits per heavy atom. The van der Waals surface area contributed by atoms with Crippen LogP contribution in [-0.2, 0) is 0 Å². The zero-order chi connectivity index (χ0) is 19.0. The highest BCUT2D eigenvalue weighted by Gasteiger charge is 2.20. The first-order valence-corrected chi connectivity index (χ1v) is 10.1. The number of benzene rings is 2. The van der Waals surface area contributed by atoms with Gasteiger partial charge in [-0.1, -0.05) is 64.1 Å². The topological polar surface area (TPSA) is 9.86 Å². The quantitative estimate of drug-likeness (QED) is 0.361. The Labute approximate surface area is 171 Å². The first kappa shape index (κ1) is 19.3. The Balaban J connectivity index is 2.33. The predicted molar refractivity (Wildman–Crippen MR) is 119 cm³/mol. The van der Waals surface area contributed by atoms with Gasteiger partial charge in [0.15, 0.2) is 4.77 Å². The van der Waals surface area contributed by atoms with E-state index >= 15 is 0 Å². The van der Waals surface area contributed by atoms with Crippen LogP contribution in [0.5, 0.6) is 0 Å². The van der Waals surface area contributed by atoms with Crippen LogP contribution >= 0.6 is 37.5 Å². The maximum atomic E-state index is 5.88. The van der Waals surface area contributed by atoms with E-state index in [1.54, 1.807) is 0 Å². The molecule has 0 aliphatic carbocycles. The first-order valence-electron chi connectivity index (χ1n) is 8.78. The maximum Gasteiger partial charge on any atom is 0.191 e. The number of rotatable bonds is 4. The third-order valence-corrected chi connectivity index (χ3v) is 5.97. The smallest absolute Gasteiger partial charge is 0.191 e. The average Bonchev–Trinajstić information content (AvgIpc) is 2.84. The van der Waals surface area contributed by atoms with Crippen LogP contribution in [0.4, 0.5) is 0 Å². The van der Waals surface area contributed by atoms with Gasteiger partial charge in [-0.15, -0.1) is 25.3 Å². The van der Waals surface area contributed by atoms with Crippen molar-refractivity contribution in [1.29, 1.82) is 0 Å². The third-order valence-electron chi connectivity index (χ3n) is 4.61. The van der Waals surface area contributed by atoms with Crippen LogP contribution in [0.3, 0.4) is 0 Å². The fraction of sp³-hybridized carbons (Fsp3) is 0.286. The molecule has 0 atom stereocenters. The van der Waals surface area contributed by atoms with Crippen molar-refractivity contribution in [2.75, 3.05) is 0 Å². The van der Waals surface area contributed by atoms with E-state index in [1.165, 1.54) is 11.1 Å². The van der Waals surface area contributed by atoms with E-state index in [0.717, 1.165) is 21.4 Å². The summed E-state index contributed by atoms with van der Waals surface area (Å²) in [6.45, 7) is 8.75. The molecule has 0 fully saturated rings. The van der Waals surface area contributed by atoms with E-state index in [0.29, 0.717) is 16.6 Å². The Bertz CT molecular complexity index is 919. The number of aromatic nitrogens is 2. The summed E-state index contributed by atoms with van der Waals surface area (Å²) in [6, 6.07) is 16.7. The number of thiol groups is 2. The van der Waals surface area contributed by atoms with Gasteiger partial charge in [0.25, 0.3) is 0 Å². The lowest BCUT2D eigenvalue weighted by Gasteiger charge is -2.15. The molecule has 1 heterocycles. The molecule has 0 radical (unpaired) electrons. The van der Waals surface area contributed by atoms with Gasteiger partial charge in [-0.25, -0.2) is 0 Å². The fourth-order valence-electron chi connectivity index (χ4n) is 3.27. The molecule has 3 aromatic rings. The number of nitrogens with zero attached hydrogens (tertiary/aromatic N) is 2. The van der Waals surface area contributed by atoms with E-state index in [9.17, 15) is 0 Å². The van der Waals surface area contributed by atoms with E-state index in [-0.39, 0.29) is 0 Å². The summed E-state index contributed by atoms with van der Waals surface area (Å²) in [6.07, 6.45) is 0. The molecular weight excluding hydrogens is 376 g/mol. The van der Waals surface area contributed by atoms with Crippen LogP contribution in [0.15, 0.2) is 58.6 Å². The summed E-state index contributed by atoms with van der Waals surface area (Å²) in [5.41, 5.74) is 4.60. The van der Waals surface area contributed by atoms with E-state index in [4.69, 9.17) is 37.5 Å². The summed E-state index contributed by atoms with van der Waals surface area (Å²) in [5, 5.41) is 1.51. The summed E-state index contributed by atoms with van der Waals surface area (Å²) in [5.74, 6) is 0.769. The fourth-order valence-corrected chi connectivity index (χ4v) is 4.39. The standard InChI is InChI=1S/C21H24N2S3/c1-13(2)15-9-5-7-11-17(15)22-19(24)20(25)23(21(22)26)18-12-8-6-10-16(18)14(3)4/h5-14,24-25H,1-4H3. The lowest BCUT2D eigenvalue weighted by molar-refractivity contribution is 0.815. The molecule has 0 aliphatic heterocycles. The Hall–Kier alpha value is -1.43. The minimum absolute atomic E-state index is 0.385. The van der Waals surface area contributed by atoms with Gasteiger partial charge in [0, 0.05) is 0 Å². The molecule has 0 saturated carbocycles. The monoisotopic (exact) mass is 400 g/mol. The van der Waals surface area contributed by atoms with Gasteiger partial charge < -0.3 is 0 Å². The van der Waals surface area contributed by atoms with Crippen molar-refractivity contribution in [2.45, 2.75) is 49.6 Å². The Morgan fingerprint density at radius 3 is 1.38 bits per heavy atom. The second kappa shape index (κ2) is 7.67. The molecule has 26 heavy (non-hydrogen) atoms. The van der Waals surface area contributed by atoms with Gasteiger partial charge in [0.2, 0.25) is 0 Å². The molecule has 2 aromatic carbocycles. The van der Waals surface area contributed by atoms with Gasteiger partial charge in [0.05, 0.1) is 11.4 Å². The first-order chi connectivity index (χ1) is 12.3. The second-order valence-electron chi connectivity index (χ2n) is 7.03. The van der Waals surface area contributed by atoms with Crippen molar-refractivity contribution in [1.82, 2.24) is 9.13 Å². The molecule has 5 heteroatoms. The minimum Gasteiger partial charge on any atom is -0.278 e. The molecule has 136 valence electrons. The van der Waals surface area contributed by atoms with Crippen LogP contribution in [-0.4, -0.2) is 9.13 Å². The molecule has 0 amide bonds. The van der Waals surface area contributed by atoms with Gasteiger partial charge >= 0.3 is 0 Å². The molecule has 0 spiro atoms. The van der Waals surface area contributed by atoms with Gasteiger partial charge in [-0.2, -0.15) is 0 Å². The van der Waals surface area contributed by atoms with Crippen molar-refractivity contribution < 1.29 is 0 Å². The van der Waals surface area contributed by atoms with Gasteiger partial charge in [0.1, 0.15) is 10.1 Å². The SMILES string of the molecule is CC(C)c1ccccc1-n1c(S)c(S)n(-c2ccccc2C(C)C)c1=S. The molecular formula is C21H24N2S3. The largest absolute Gasteiger partial charge is 0.278 e. The van der Waals surface area contributed by atoms with E-state index in [1.807, 2.05) is 21.3 Å². The predicted octanol–water partition coefficient (Wildman–Crippen LogP) is 6.82. The lowest BCUT2D eigenvalue weighted by atomic mass is 10.0. The zero-order valence-electron chi connectivity index (χ0n) is 15.5. The van der Waals surface area contributed by atoms with Crippen molar-refractivity contribution in [3.05, 3.63) is 64.4 Å². The summed E-state index contributed by atoms with van der Waals surface area (Å²) < 4.78 is 4.72. The molecule has 0 bridgehead atoms. The van der Waals surface area contributed by atoms with Crippen molar-refractivity contribution >= 4 is 37.5 Å². The minimum atomic E-state index is 0.385. The number of hydrogen-bond donors (Lipinski definition) is 2. The van der Waals surface area contributed by atoms with Crippen LogP contribution < -0.4 is 0 Å². The highest BCUT2D eigenvalue weighted by molar-refractivity contribution is 7.83. The Kier molecular flexibility index (Phi) is 5.70. The molecule has 0 saturated heterocycles. The maximum absolute atomic E-state index is 5.88. The highest BCUT2D eigenvalue weighted by Crippen LogP contribution is 2.34. The molecule has 0 N–H and O–H groups in total. The van der Waals surface area contributed by atoms with Crippen LogP contribution in [0.25, 0.3) is 11.4 Å². The van der Waals surface area contributed by atoms with Crippen molar-refractivity contribution in [2.24, 2.45) is 0 Å². The molecule has 0 aliphatic rings. The molecule has 2 nitrogen and oxygen atoms in total. The van der Waals surface area contributed by atoms with Crippen LogP contribution in [0, 0.1) is 4.77 Å². The number of hydrogen-bond acceptors (Lipinski definition) is 3. The summed E-state index contributed by atoms with van der Waals surface area (Å²) >= 11 is 15.4. The van der Waals surface area contributed by atoms with Crippen molar-refractivity contribution in [3.8, 4) is 11.4 Å². The number of imidazole rings is 1. The third kappa shape index (κ3) is 3.28. The second-order valence-corrected chi connectivity index (χ2v) is 8.24.